The summed E-state index contributed by atoms with van der Waals surface area (Å²) >= 11 is 1.86. The van der Waals surface area contributed by atoms with Crippen LogP contribution in [0.4, 0.5) is 0 Å². The molecule has 0 spiro atoms. The van der Waals surface area contributed by atoms with Crippen molar-refractivity contribution in [2.75, 3.05) is 0 Å². The standard InChI is InChI=1S/C12H19NS/c1-9-7-8-11(14-9)12(13)10-5-3-2-4-6-10/h7-8,10,12H,2-6,13H2,1H3/t12-/m0/s1. The average molecular weight is 209 g/mol. The van der Waals surface area contributed by atoms with Crippen molar-refractivity contribution in [2.45, 2.75) is 45.1 Å². The molecule has 1 aliphatic carbocycles. The number of thiophene rings is 1. The molecule has 14 heavy (non-hydrogen) atoms. The first-order chi connectivity index (χ1) is 6.77. The molecular weight excluding hydrogens is 190 g/mol. The molecule has 0 saturated heterocycles. The summed E-state index contributed by atoms with van der Waals surface area (Å²) in [5.74, 6) is 0.738. The second-order valence-corrected chi connectivity index (χ2v) is 5.69. The largest absolute Gasteiger partial charge is 0.323 e. The van der Waals surface area contributed by atoms with Crippen molar-refractivity contribution in [2.24, 2.45) is 11.7 Å². The number of rotatable bonds is 2. The Hall–Kier alpha value is -0.340. The van der Waals surface area contributed by atoms with Crippen LogP contribution in [0.25, 0.3) is 0 Å². The van der Waals surface area contributed by atoms with Crippen LogP contribution in [0.15, 0.2) is 12.1 Å². The number of nitrogens with two attached hydrogens (primary N) is 1. The molecule has 2 heteroatoms. The lowest BCUT2D eigenvalue weighted by Crippen LogP contribution is -2.22. The summed E-state index contributed by atoms with van der Waals surface area (Å²) in [6.45, 7) is 2.15. The highest BCUT2D eigenvalue weighted by Gasteiger charge is 2.22. The lowest BCUT2D eigenvalue weighted by atomic mass is 9.84. The highest BCUT2D eigenvalue weighted by Crippen LogP contribution is 2.35. The van der Waals surface area contributed by atoms with Crippen molar-refractivity contribution in [1.82, 2.24) is 0 Å². The molecule has 0 bridgehead atoms. The molecule has 1 aromatic rings. The van der Waals surface area contributed by atoms with Crippen molar-refractivity contribution in [1.29, 1.82) is 0 Å². The predicted molar refractivity (Wildman–Crippen MR) is 62.6 cm³/mol. The van der Waals surface area contributed by atoms with Gasteiger partial charge in [0.15, 0.2) is 0 Å². The highest BCUT2D eigenvalue weighted by molar-refractivity contribution is 7.12. The maximum absolute atomic E-state index is 6.29. The molecule has 1 heterocycles. The summed E-state index contributed by atoms with van der Waals surface area (Å²) in [6.07, 6.45) is 6.83. The Labute approximate surface area is 90.3 Å². The molecule has 0 unspecified atom stereocenters. The maximum Gasteiger partial charge on any atom is 0.0418 e. The summed E-state index contributed by atoms with van der Waals surface area (Å²) in [5.41, 5.74) is 6.29. The zero-order valence-corrected chi connectivity index (χ0v) is 9.65. The molecule has 0 aliphatic heterocycles. The van der Waals surface area contributed by atoms with Gasteiger partial charge in [-0.15, -0.1) is 11.3 Å². The highest BCUT2D eigenvalue weighted by atomic mass is 32.1. The van der Waals surface area contributed by atoms with Gasteiger partial charge in [-0.05, 0) is 37.8 Å². The van der Waals surface area contributed by atoms with E-state index in [1.54, 1.807) is 0 Å². The van der Waals surface area contributed by atoms with Gasteiger partial charge in [-0.25, -0.2) is 0 Å². The lowest BCUT2D eigenvalue weighted by molar-refractivity contribution is 0.311. The van der Waals surface area contributed by atoms with Gasteiger partial charge in [0.05, 0.1) is 0 Å². The van der Waals surface area contributed by atoms with Gasteiger partial charge in [0.25, 0.3) is 0 Å². The van der Waals surface area contributed by atoms with E-state index in [2.05, 4.69) is 19.1 Å². The van der Waals surface area contributed by atoms with Gasteiger partial charge >= 0.3 is 0 Å². The zero-order valence-electron chi connectivity index (χ0n) is 8.83. The van der Waals surface area contributed by atoms with E-state index in [0.717, 1.165) is 5.92 Å². The molecule has 1 saturated carbocycles. The van der Waals surface area contributed by atoms with Gasteiger partial charge < -0.3 is 5.73 Å². The second-order valence-electron chi connectivity index (χ2n) is 4.37. The minimum Gasteiger partial charge on any atom is -0.323 e. The fourth-order valence-electron chi connectivity index (χ4n) is 2.36. The third kappa shape index (κ3) is 2.18. The lowest BCUT2D eigenvalue weighted by Gasteiger charge is -2.26. The Kier molecular flexibility index (Phi) is 3.24. The van der Waals surface area contributed by atoms with Crippen LogP contribution in [0, 0.1) is 12.8 Å². The SMILES string of the molecule is Cc1ccc([C@@H](N)C2CCCCC2)s1. The van der Waals surface area contributed by atoms with Crippen molar-refractivity contribution in [3.63, 3.8) is 0 Å². The first-order valence-corrected chi connectivity index (χ1v) is 6.41. The third-order valence-electron chi connectivity index (χ3n) is 3.25. The van der Waals surface area contributed by atoms with Crippen LogP contribution in [-0.2, 0) is 0 Å². The van der Waals surface area contributed by atoms with Gasteiger partial charge in [-0.2, -0.15) is 0 Å². The zero-order chi connectivity index (χ0) is 9.97. The number of hydrogen-bond acceptors (Lipinski definition) is 2. The fourth-order valence-corrected chi connectivity index (χ4v) is 3.33. The van der Waals surface area contributed by atoms with Crippen molar-refractivity contribution in [3.8, 4) is 0 Å². The van der Waals surface area contributed by atoms with E-state index in [1.165, 1.54) is 41.9 Å². The van der Waals surface area contributed by atoms with E-state index in [-0.39, 0.29) is 0 Å². The second kappa shape index (κ2) is 4.45. The smallest absolute Gasteiger partial charge is 0.0418 e. The number of aryl methyl sites for hydroxylation is 1. The summed E-state index contributed by atoms with van der Waals surface area (Å²) in [7, 11) is 0. The van der Waals surface area contributed by atoms with Crippen LogP contribution < -0.4 is 5.73 Å². The van der Waals surface area contributed by atoms with Crippen molar-refractivity contribution >= 4 is 11.3 Å². The normalized spacial score (nSPS) is 21.0. The third-order valence-corrected chi connectivity index (χ3v) is 4.35. The molecule has 2 N–H and O–H groups in total. The van der Waals surface area contributed by atoms with Crippen LogP contribution in [0.1, 0.15) is 47.9 Å². The van der Waals surface area contributed by atoms with E-state index in [4.69, 9.17) is 5.73 Å². The van der Waals surface area contributed by atoms with Crippen LogP contribution in [0.2, 0.25) is 0 Å². The van der Waals surface area contributed by atoms with E-state index in [9.17, 15) is 0 Å². The topological polar surface area (TPSA) is 26.0 Å². The molecule has 1 fully saturated rings. The van der Waals surface area contributed by atoms with Gasteiger partial charge in [-0.1, -0.05) is 19.3 Å². The quantitative estimate of drug-likeness (QED) is 0.790. The maximum atomic E-state index is 6.29. The Balaban J connectivity index is 2.03. The van der Waals surface area contributed by atoms with Crippen LogP contribution >= 0.6 is 11.3 Å². The van der Waals surface area contributed by atoms with Gasteiger partial charge in [-0.3, -0.25) is 0 Å². The Morgan fingerprint density at radius 3 is 2.57 bits per heavy atom. The van der Waals surface area contributed by atoms with Crippen LogP contribution in [-0.4, -0.2) is 0 Å². The molecule has 78 valence electrons. The van der Waals surface area contributed by atoms with Crippen molar-refractivity contribution < 1.29 is 0 Å². The van der Waals surface area contributed by atoms with E-state index >= 15 is 0 Å². The van der Waals surface area contributed by atoms with Crippen LogP contribution in [0.3, 0.4) is 0 Å². The monoisotopic (exact) mass is 209 g/mol. The van der Waals surface area contributed by atoms with Gasteiger partial charge in [0.1, 0.15) is 0 Å². The molecule has 1 nitrogen and oxygen atoms in total. The molecule has 1 aromatic heterocycles. The van der Waals surface area contributed by atoms with E-state index in [1.807, 2.05) is 11.3 Å². The molecule has 2 rings (SSSR count). The Morgan fingerprint density at radius 1 is 1.29 bits per heavy atom. The molecule has 0 aromatic carbocycles. The molecule has 0 amide bonds. The van der Waals surface area contributed by atoms with Crippen LogP contribution in [0.5, 0.6) is 0 Å². The predicted octanol–water partition coefficient (Wildman–Crippen LogP) is 3.64. The Morgan fingerprint density at radius 2 is 2.00 bits per heavy atom. The molecule has 1 atom stereocenters. The number of hydrogen-bond donors (Lipinski definition) is 1. The van der Waals surface area contributed by atoms with Gasteiger partial charge in [0.2, 0.25) is 0 Å². The van der Waals surface area contributed by atoms with Gasteiger partial charge in [0, 0.05) is 15.8 Å². The summed E-state index contributed by atoms with van der Waals surface area (Å²) in [6, 6.07) is 4.69. The average Bonchev–Trinajstić information content (AvgIpc) is 2.65. The van der Waals surface area contributed by atoms with E-state index < -0.39 is 0 Å². The summed E-state index contributed by atoms with van der Waals surface area (Å²) in [5, 5.41) is 0. The van der Waals surface area contributed by atoms with Crippen molar-refractivity contribution in [3.05, 3.63) is 21.9 Å². The molecule has 0 radical (unpaired) electrons. The minimum atomic E-state index is 0.300. The molecular formula is C12H19NS. The fraction of sp³-hybridized carbons (Fsp3) is 0.667. The Bertz CT molecular complexity index is 286. The first kappa shape index (κ1) is 10.2. The molecule has 1 aliphatic rings. The summed E-state index contributed by atoms with van der Waals surface area (Å²) < 4.78 is 0. The first-order valence-electron chi connectivity index (χ1n) is 5.59. The van der Waals surface area contributed by atoms with E-state index in [0.29, 0.717) is 6.04 Å². The minimum absolute atomic E-state index is 0.300. The summed E-state index contributed by atoms with van der Waals surface area (Å²) in [4.78, 5) is 2.76.